The summed E-state index contributed by atoms with van der Waals surface area (Å²) < 4.78 is 15.6. The zero-order valence-corrected chi connectivity index (χ0v) is 16.3. The Labute approximate surface area is 168 Å². The van der Waals surface area contributed by atoms with Crippen LogP contribution < -0.4 is 14.8 Å². The monoisotopic (exact) mass is 394 g/mol. The molecule has 8 nitrogen and oxygen atoms in total. The van der Waals surface area contributed by atoms with Crippen LogP contribution in [0.1, 0.15) is 5.89 Å². The molecule has 2 aromatic carbocycles. The Hall–Kier alpha value is -3.81. The summed E-state index contributed by atoms with van der Waals surface area (Å²) in [4.78, 5) is 18.6. The number of ether oxygens (including phenoxy) is 2. The number of carbonyl (C=O) groups is 1. The van der Waals surface area contributed by atoms with Gasteiger partial charge in [-0.25, -0.2) is 4.79 Å². The van der Waals surface area contributed by atoms with Crippen LogP contribution in [0.5, 0.6) is 11.5 Å². The van der Waals surface area contributed by atoms with Gasteiger partial charge in [-0.2, -0.15) is 4.98 Å². The first-order valence-electron chi connectivity index (χ1n) is 8.91. The smallest absolute Gasteiger partial charge is 0.322 e. The largest absolute Gasteiger partial charge is 0.497 e. The molecule has 0 aliphatic carbocycles. The molecule has 1 heterocycles. The molecule has 0 atom stereocenters. The number of anilines is 1. The maximum absolute atomic E-state index is 12.7. The van der Waals surface area contributed by atoms with Gasteiger partial charge in [0.05, 0.1) is 14.2 Å². The van der Waals surface area contributed by atoms with Gasteiger partial charge in [0.1, 0.15) is 18.0 Å². The Kier molecular flexibility index (Phi) is 6.47. The van der Waals surface area contributed by atoms with Crippen molar-refractivity contribution in [2.45, 2.75) is 6.54 Å². The van der Waals surface area contributed by atoms with Gasteiger partial charge in [-0.1, -0.05) is 17.3 Å². The molecule has 0 radical (unpaired) electrons. The van der Waals surface area contributed by atoms with E-state index in [1.807, 2.05) is 24.3 Å². The fourth-order valence-corrected chi connectivity index (χ4v) is 2.62. The number of benzene rings is 2. The van der Waals surface area contributed by atoms with E-state index in [4.69, 9.17) is 14.0 Å². The normalized spacial score (nSPS) is 10.3. The zero-order valence-electron chi connectivity index (χ0n) is 16.3. The molecular weight excluding hydrogens is 372 g/mol. The van der Waals surface area contributed by atoms with E-state index in [1.54, 1.807) is 44.6 Å². The molecule has 0 aliphatic heterocycles. The summed E-state index contributed by atoms with van der Waals surface area (Å²) in [5, 5.41) is 6.82. The Morgan fingerprint density at radius 2 is 1.93 bits per heavy atom. The number of methoxy groups -OCH3 is 2. The minimum Gasteiger partial charge on any atom is -0.497 e. The molecule has 0 saturated carbocycles. The average Bonchev–Trinajstić information content (AvgIpc) is 3.22. The molecule has 3 aromatic rings. The molecule has 0 saturated heterocycles. The first-order chi connectivity index (χ1) is 14.1. The number of hydrogen-bond donors (Lipinski definition) is 1. The number of carbonyl (C=O) groups excluding carboxylic acids is 1. The molecule has 0 unspecified atom stereocenters. The molecule has 0 spiro atoms. The van der Waals surface area contributed by atoms with Crippen LogP contribution in [0.25, 0.3) is 11.4 Å². The van der Waals surface area contributed by atoms with Crippen molar-refractivity contribution in [1.29, 1.82) is 0 Å². The Morgan fingerprint density at radius 1 is 1.17 bits per heavy atom. The van der Waals surface area contributed by atoms with E-state index in [2.05, 4.69) is 22.0 Å². The van der Waals surface area contributed by atoms with Crippen LogP contribution in [0.3, 0.4) is 0 Å². The highest BCUT2D eigenvalue weighted by Crippen LogP contribution is 2.21. The van der Waals surface area contributed by atoms with Gasteiger partial charge in [0.15, 0.2) is 0 Å². The highest BCUT2D eigenvalue weighted by Gasteiger charge is 2.17. The van der Waals surface area contributed by atoms with Crippen LogP contribution in [-0.4, -0.2) is 41.8 Å². The molecule has 1 aromatic heterocycles. The van der Waals surface area contributed by atoms with Crippen molar-refractivity contribution >= 4 is 11.7 Å². The van der Waals surface area contributed by atoms with E-state index >= 15 is 0 Å². The molecule has 1 N–H and O–H groups in total. The van der Waals surface area contributed by atoms with Gasteiger partial charge >= 0.3 is 6.03 Å². The van der Waals surface area contributed by atoms with E-state index in [-0.39, 0.29) is 12.6 Å². The SMILES string of the molecule is C=CCN(Cc1nc(-c2ccc(OC)cc2)no1)C(=O)Nc1cccc(OC)c1. The van der Waals surface area contributed by atoms with Crippen LogP contribution in [0, 0.1) is 0 Å². The fourth-order valence-electron chi connectivity index (χ4n) is 2.62. The van der Waals surface area contributed by atoms with Gasteiger partial charge in [-0.05, 0) is 36.4 Å². The van der Waals surface area contributed by atoms with Crippen LogP contribution in [-0.2, 0) is 6.54 Å². The van der Waals surface area contributed by atoms with E-state index in [0.29, 0.717) is 29.7 Å². The molecule has 0 aliphatic rings. The van der Waals surface area contributed by atoms with E-state index in [0.717, 1.165) is 11.3 Å². The number of hydrogen-bond acceptors (Lipinski definition) is 6. The standard InChI is InChI=1S/C21H22N4O4/c1-4-12-25(21(26)22-16-6-5-7-18(13-16)28-3)14-19-23-20(24-29-19)15-8-10-17(27-2)11-9-15/h4-11,13H,1,12,14H2,2-3H3,(H,22,26). The van der Waals surface area contributed by atoms with Crippen molar-refractivity contribution in [1.82, 2.24) is 15.0 Å². The zero-order chi connectivity index (χ0) is 20.6. The third-order valence-electron chi connectivity index (χ3n) is 4.10. The second-order valence-corrected chi connectivity index (χ2v) is 6.07. The molecule has 2 amide bonds. The Balaban J connectivity index is 1.70. The van der Waals surface area contributed by atoms with E-state index in [9.17, 15) is 4.79 Å². The third kappa shape index (κ3) is 5.13. The summed E-state index contributed by atoms with van der Waals surface area (Å²) in [6, 6.07) is 14.1. The molecule has 0 fully saturated rings. The summed E-state index contributed by atoms with van der Waals surface area (Å²) >= 11 is 0. The van der Waals surface area contributed by atoms with Gasteiger partial charge in [-0.15, -0.1) is 6.58 Å². The lowest BCUT2D eigenvalue weighted by Crippen LogP contribution is -2.34. The number of aromatic nitrogens is 2. The quantitative estimate of drug-likeness (QED) is 0.582. The minimum atomic E-state index is -0.317. The Bertz CT molecular complexity index is 969. The number of amides is 2. The molecule has 8 heteroatoms. The van der Waals surface area contributed by atoms with Crippen molar-refractivity contribution in [3.05, 3.63) is 67.1 Å². The molecule has 3 rings (SSSR count). The summed E-state index contributed by atoms with van der Waals surface area (Å²) in [5.74, 6) is 2.15. The van der Waals surface area contributed by atoms with E-state index < -0.39 is 0 Å². The number of urea groups is 1. The van der Waals surface area contributed by atoms with Crippen molar-refractivity contribution in [3.8, 4) is 22.9 Å². The van der Waals surface area contributed by atoms with Gasteiger partial charge in [0.2, 0.25) is 11.7 Å². The fraction of sp³-hybridized carbons (Fsp3) is 0.190. The third-order valence-corrected chi connectivity index (χ3v) is 4.10. The molecular formula is C21H22N4O4. The number of rotatable bonds is 8. The van der Waals surface area contributed by atoms with Gasteiger partial charge in [0, 0.05) is 23.9 Å². The van der Waals surface area contributed by atoms with Crippen LogP contribution in [0.2, 0.25) is 0 Å². The lowest BCUT2D eigenvalue weighted by Gasteiger charge is -2.19. The summed E-state index contributed by atoms with van der Waals surface area (Å²) in [6.07, 6.45) is 1.63. The van der Waals surface area contributed by atoms with Gasteiger partial charge in [-0.3, -0.25) is 0 Å². The van der Waals surface area contributed by atoms with Crippen LogP contribution >= 0.6 is 0 Å². The van der Waals surface area contributed by atoms with Crippen molar-refractivity contribution in [3.63, 3.8) is 0 Å². The Morgan fingerprint density at radius 3 is 2.62 bits per heavy atom. The first kappa shape index (κ1) is 19.9. The highest BCUT2D eigenvalue weighted by molar-refractivity contribution is 5.89. The number of nitrogens with zero attached hydrogens (tertiary/aromatic N) is 3. The van der Waals surface area contributed by atoms with Crippen molar-refractivity contribution in [2.24, 2.45) is 0 Å². The summed E-state index contributed by atoms with van der Waals surface area (Å²) in [6.45, 7) is 4.17. The summed E-state index contributed by atoms with van der Waals surface area (Å²) in [5.41, 5.74) is 1.41. The first-order valence-corrected chi connectivity index (χ1v) is 8.91. The van der Waals surface area contributed by atoms with E-state index in [1.165, 1.54) is 4.90 Å². The average molecular weight is 394 g/mol. The summed E-state index contributed by atoms with van der Waals surface area (Å²) in [7, 11) is 3.17. The maximum Gasteiger partial charge on any atom is 0.322 e. The van der Waals surface area contributed by atoms with Gasteiger partial charge < -0.3 is 24.2 Å². The van der Waals surface area contributed by atoms with Gasteiger partial charge in [0.25, 0.3) is 0 Å². The van der Waals surface area contributed by atoms with Crippen molar-refractivity contribution in [2.75, 3.05) is 26.1 Å². The maximum atomic E-state index is 12.7. The number of nitrogens with one attached hydrogen (secondary N) is 1. The lowest BCUT2D eigenvalue weighted by atomic mass is 10.2. The predicted octanol–water partition coefficient (Wildman–Crippen LogP) is 3.97. The topological polar surface area (TPSA) is 89.7 Å². The molecule has 29 heavy (non-hydrogen) atoms. The minimum absolute atomic E-state index is 0.144. The highest BCUT2D eigenvalue weighted by atomic mass is 16.5. The molecule has 0 bridgehead atoms. The van der Waals surface area contributed by atoms with Crippen LogP contribution in [0.4, 0.5) is 10.5 Å². The van der Waals surface area contributed by atoms with Crippen LogP contribution in [0.15, 0.2) is 65.7 Å². The van der Waals surface area contributed by atoms with Crippen molar-refractivity contribution < 1.29 is 18.8 Å². The lowest BCUT2D eigenvalue weighted by molar-refractivity contribution is 0.206. The second kappa shape index (κ2) is 9.41. The molecule has 150 valence electrons. The second-order valence-electron chi connectivity index (χ2n) is 6.07. The predicted molar refractivity (Wildman–Crippen MR) is 109 cm³/mol.